The van der Waals surface area contributed by atoms with Gasteiger partial charge < -0.3 is 15.4 Å². The van der Waals surface area contributed by atoms with E-state index in [1.165, 1.54) is 17.7 Å². The smallest absolute Gasteiger partial charge is 0.256 e. The van der Waals surface area contributed by atoms with Gasteiger partial charge in [-0.1, -0.05) is 49.2 Å². The summed E-state index contributed by atoms with van der Waals surface area (Å²) >= 11 is 1.76. The Balaban J connectivity index is 1.42. The molecule has 1 aliphatic rings. The highest BCUT2D eigenvalue weighted by molar-refractivity contribution is 7.10. The Morgan fingerprint density at radius 2 is 1.84 bits per heavy atom. The van der Waals surface area contributed by atoms with Gasteiger partial charge in [-0.25, -0.2) is 0 Å². The van der Waals surface area contributed by atoms with Crippen molar-refractivity contribution in [3.63, 3.8) is 0 Å². The maximum absolute atomic E-state index is 13.0. The molecule has 0 bridgehead atoms. The zero-order valence-corrected chi connectivity index (χ0v) is 18.6. The van der Waals surface area contributed by atoms with Crippen LogP contribution in [0.2, 0.25) is 0 Å². The first-order valence-electron chi connectivity index (χ1n) is 10.9. The van der Waals surface area contributed by atoms with Crippen LogP contribution in [-0.4, -0.2) is 31.5 Å². The van der Waals surface area contributed by atoms with Crippen LogP contribution in [0.5, 0.6) is 5.75 Å². The molecule has 0 saturated heterocycles. The van der Waals surface area contributed by atoms with Crippen LogP contribution in [0.1, 0.15) is 47.8 Å². The van der Waals surface area contributed by atoms with Crippen molar-refractivity contribution in [1.82, 2.24) is 10.6 Å². The number of thiophene rings is 1. The van der Waals surface area contributed by atoms with Gasteiger partial charge in [0.2, 0.25) is 5.91 Å². The Kier molecular flexibility index (Phi) is 6.56. The molecule has 0 radical (unpaired) electrons. The zero-order valence-electron chi connectivity index (χ0n) is 17.8. The first-order valence-corrected chi connectivity index (χ1v) is 11.7. The third-order valence-electron chi connectivity index (χ3n) is 6.06. The van der Waals surface area contributed by atoms with E-state index >= 15 is 0 Å². The number of benzene rings is 2. The molecule has 6 heteroatoms. The fourth-order valence-electron chi connectivity index (χ4n) is 4.48. The molecule has 5 nitrogen and oxygen atoms in total. The summed E-state index contributed by atoms with van der Waals surface area (Å²) in [6.07, 6.45) is 4.55. The molecule has 1 fully saturated rings. The molecule has 2 amide bonds. The number of rotatable bonds is 8. The lowest BCUT2D eigenvalue weighted by Gasteiger charge is -2.28. The van der Waals surface area contributed by atoms with Crippen LogP contribution in [0.4, 0.5) is 0 Å². The van der Waals surface area contributed by atoms with Crippen molar-refractivity contribution in [3.8, 4) is 5.75 Å². The highest BCUT2D eigenvalue weighted by Gasteiger charge is 2.36. The van der Waals surface area contributed by atoms with E-state index in [0.29, 0.717) is 24.5 Å². The lowest BCUT2D eigenvalue weighted by atomic mass is 9.84. The largest absolute Gasteiger partial charge is 0.493 e. The van der Waals surface area contributed by atoms with Crippen molar-refractivity contribution >= 4 is 33.9 Å². The SMILES string of the molecule is CCOc1ccc2ccccc2c1C(=O)NCC(=O)NCC1(c2cccs2)CCCC1. The maximum Gasteiger partial charge on any atom is 0.256 e. The Hall–Kier alpha value is -2.86. The molecule has 0 atom stereocenters. The summed E-state index contributed by atoms with van der Waals surface area (Å²) in [6, 6.07) is 15.7. The molecule has 162 valence electrons. The third-order valence-corrected chi connectivity index (χ3v) is 7.17. The number of hydrogen-bond acceptors (Lipinski definition) is 4. The number of hydrogen-bond donors (Lipinski definition) is 2. The van der Waals surface area contributed by atoms with Gasteiger partial charge in [-0.3, -0.25) is 9.59 Å². The van der Waals surface area contributed by atoms with E-state index in [1.54, 1.807) is 11.3 Å². The van der Waals surface area contributed by atoms with Gasteiger partial charge in [0.25, 0.3) is 5.91 Å². The quantitative estimate of drug-likeness (QED) is 0.540. The third kappa shape index (κ3) is 4.59. The van der Waals surface area contributed by atoms with Gasteiger partial charge in [-0.2, -0.15) is 0 Å². The first-order chi connectivity index (χ1) is 15.1. The molecule has 31 heavy (non-hydrogen) atoms. The van der Waals surface area contributed by atoms with Crippen LogP contribution in [0.25, 0.3) is 10.8 Å². The zero-order chi connectivity index (χ0) is 21.7. The fourth-order valence-corrected chi connectivity index (χ4v) is 5.47. The monoisotopic (exact) mass is 436 g/mol. The number of amides is 2. The normalized spacial score (nSPS) is 15.0. The van der Waals surface area contributed by atoms with Crippen molar-refractivity contribution in [2.75, 3.05) is 19.7 Å². The summed E-state index contributed by atoms with van der Waals surface area (Å²) < 4.78 is 5.68. The predicted molar refractivity (Wildman–Crippen MR) is 125 cm³/mol. The molecular weight excluding hydrogens is 408 g/mol. The second kappa shape index (κ2) is 9.52. The molecule has 1 aromatic heterocycles. The van der Waals surface area contributed by atoms with Gasteiger partial charge in [0.15, 0.2) is 0 Å². The van der Waals surface area contributed by atoms with E-state index in [1.807, 2.05) is 43.3 Å². The minimum Gasteiger partial charge on any atom is -0.493 e. The van der Waals surface area contributed by atoms with Crippen LogP contribution in [0.3, 0.4) is 0 Å². The second-order valence-corrected chi connectivity index (χ2v) is 8.96. The lowest BCUT2D eigenvalue weighted by Crippen LogP contribution is -2.43. The molecule has 2 aromatic carbocycles. The number of carbonyl (C=O) groups is 2. The molecule has 1 heterocycles. The number of nitrogens with one attached hydrogen (secondary N) is 2. The minimum absolute atomic E-state index is 0.0333. The van der Waals surface area contributed by atoms with Gasteiger partial charge in [-0.15, -0.1) is 11.3 Å². The van der Waals surface area contributed by atoms with Crippen molar-refractivity contribution in [3.05, 3.63) is 64.4 Å². The highest BCUT2D eigenvalue weighted by Crippen LogP contribution is 2.42. The maximum atomic E-state index is 13.0. The summed E-state index contributed by atoms with van der Waals surface area (Å²) in [6.45, 7) is 2.90. The van der Waals surface area contributed by atoms with E-state index in [2.05, 4.69) is 28.1 Å². The Morgan fingerprint density at radius 3 is 2.58 bits per heavy atom. The molecule has 1 aliphatic carbocycles. The molecule has 0 aliphatic heterocycles. The molecule has 0 unspecified atom stereocenters. The summed E-state index contributed by atoms with van der Waals surface area (Å²) in [5, 5.41) is 9.71. The molecule has 4 rings (SSSR count). The van der Waals surface area contributed by atoms with Crippen LogP contribution in [-0.2, 0) is 10.2 Å². The number of carbonyl (C=O) groups excluding carboxylic acids is 2. The Bertz CT molecular complexity index is 1060. The standard InChI is InChI=1S/C25H28N2O3S/c1-2-30-20-12-11-18-8-3-4-9-19(18)23(20)24(29)26-16-22(28)27-17-25(13-5-6-14-25)21-10-7-15-31-21/h3-4,7-12,15H,2,5-6,13-14,16-17H2,1H3,(H,26,29)(H,27,28). The van der Waals surface area contributed by atoms with Crippen molar-refractivity contribution in [2.45, 2.75) is 38.0 Å². The van der Waals surface area contributed by atoms with E-state index < -0.39 is 0 Å². The summed E-state index contributed by atoms with van der Waals surface area (Å²) in [7, 11) is 0. The van der Waals surface area contributed by atoms with Gasteiger partial charge >= 0.3 is 0 Å². The first kappa shape index (κ1) is 21.4. The minimum atomic E-state index is -0.302. The van der Waals surface area contributed by atoms with Crippen LogP contribution >= 0.6 is 11.3 Å². The molecule has 0 spiro atoms. The van der Waals surface area contributed by atoms with Gasteiger partial charge in [0.05, 0.1) is 18.7 Å². The number of fused-ring (bicyclic) bond motifs is 1. The second-order valence-electron chi connectivity index (χ2n) is 8.02. The van der Waals surface area contributed by atoms with Crippen molar-refractivity contribution in [1.29, 1.82) is 0 Å². The van der Waals surface area contributed by atoms with Crippen molar-refractivity contribution < 1.29 is 14.3 Å². The van der Waals surface area contributed by atoms with Crippen LogP contribution < -0.4 is 15.4 Å². The summed E-state index contributed by atoms with van der Waals surface area (Å²) in [5.41, 5.74) is 0.504. The molecule has 3 aromatic rings. The van der Waals surface area contributed by atoms with E-state index in [9.17, 15) is 9.59 Å². The Labute approximate surface area is 186 Å². The van der Waals surface area contributed by atoms with Crippen LogP contribution in [0.15, 0.2) is 53.9 Å². The topological polar surface area (TPSA) is 67.4 Å². The van der Waals surface area contributed by atoms with Gasteiger partial charge in [0, 0.05) is 16.8 Å². The van der Waals surface area contributed by atoms with Gasteiger partial charge in [0.1, 0.15) is 5.75 Å². The average molecular weight is 437 g/mol. The van der Waals surface area contributed by atoms with Crippen LogP contribution in [0, 0.1) is 0 Å². The average Bonchev–Trinajstić information content (AvgIpc) is 3.49. The van der Waals surface area contributed by atoms with Gasteiger partial charge in [-0.05, 0) is 48.1 Å². The summed E-state index contributed by atoms with van der Waals surface area (Å²) in [5.74, 6) is 0.0559. The Morgan fingerprint density at radius 1 is 1.03 bits per heavy atom. The molecule has 1 saturated carbocycles. The predicted octanol–water partition coefficient (Wildman–Crippen LogP) is 4.66. The molecular formula is C25H28N2O3S. The van der Waals surface area contributed by atoms with Crippen molar-refractivity contribution in [2.24, 2.45) is 0 Å². The number of ether oxygens (including phenoxy) is 1. The fraction of sp³-hybridized carbons (Fsp3) is 0.360. The van der Waals surface area contributed by atoms with E-state index in [4.69, 9.17) is 4.74 Å². The van der Waals surface area contributed by atoms with E-state index in [0.717, 1.165) is 23.6 Å². The lowest BCUT2D eigenvalue weighted by molar-refractivity contribution is -0.120. The highest BCUT2D eigenvalue weighted by atomic mass is 32.1. The molecule has 2 N–H and O–H groups in total. The van der Waals surface area contributed by atoms with E-state index in [-0.39, 0.29) is 23.8 Å². The summed E-state index contributed by atoms with van der Waals surface area (Å²) in [4.78, 5) is 26.9.